The summed E-state index contributed by atoms with van der Waals surface area (Å²) in [5.74, 6) is -1.15. The SMILES string of the molecule is COC(=O)c1c[nH]c2cc(N3C(=O)c4ccccc4C3=O)ccc12. The molecule has 0 saturated heterocycles. The molecule has 6 heteroatoms. The van der Waals surface area contributed by atoms with E-state index in [1.165, 1.54) is 7.11 Å². The molecular weight excluding hydrogens is 308 g/mol. The lowest BCUT2D eigenvalue weighted by Gasteiger charge is -2.14. The van der Waals surface area contributed by atoms with Gasteiger partial charge in [-0.1, -0.05) is 12.1 Å². The molecule has 2 heterocycles. The number of anilines is 1. The summed E-state index contributed by atoms with van der Waals surface area (Å²) < 4.78 is 4.73. The zero-order valence-corrected chi connectivity index (χ0v) is 12.7. The van der Waals surface area contributed by atoms with Gasteiger partial charge in [0, 0.05) is 17.1 Å². The van der Waals surface area contributed by atoms with Gasteiger partial charge in [-0.3, -0.25) is 9.59 Å². The number of amides is 2. The second-order valence-corrected chi connectivity index (χ2v) is 5.42. The molecule has 1 aromatic heterocycles. The zero-order chi connectivity index (χ0) is 16.8. The monoisotopic (exact) mass is 320 g/mol. The first-order chi connectivity index (χ1) is 11.6. The highest BCUT2D eigenvalue weighted by Crippen LogP contribution is 2.31. The molecule has 0 saturated carbocycles. The number of benzene rings is 2. The second kappa shape index (κ2) is 5.06. The van der Waals surface area contributed by atoms with Gasteiger partial charge >= 0.3 is 5.97 Å². The first-order valence-corrected chi connectivity index (χ1v) is 7.29. The molecule has 2 amide bonds. The number of carbonyl (C=O) groups is 3. The lowest BCUT2D eigenvalue weighted by molar-refractivity contribution is 0.0602. The molecule has 1 N–H and O–H groups in total. The summed E-state index contributed by atoms with van der Waals surface area (Å²) in [6, 6.07) is 11.7. The molecule has 0 fully saturated rings. The highest BCUT2D eigenvalue weighted by molar-refractivity contribution is 6.34. The van der Waals surface area contributed by atoms with E-state index in [0.717, 1.165) is 4.90 Å². The molecule has 0 unspecified atom stereocenters. The van der Waals surface area contributed by atoms with Crippen molar-refractivity contribution in [3.05, 3.63) is 65.4 Å². The summed E-state index contributed by atoms with van der Waals surface area (Å²) in [7, 11) is 1.31. The van der Waals surface area contributed by atoms with Crippen LogP contribution in [0.3, 0.4) is 0 Å². The van der Waals surface area contributed by atoms with Crippen molar-refractivity contribution in [3.63, 3.8) is 0 Å². The van der Waals surface area contributed by atoms with Gasteiger partial charge in [0.05, 0.1) is 29.5 Å². The van der Waals surface area contributed by atoms with Crippen LogP contribution in [0, 0.1) is 0 Å². The average molecular weight is 320 g/mol. The molecule has 0 bridgehead atoms. The standard InChI is InChI=1S/C18H12N2O4/c1-24-18(23)14-9-19-15-8-10(6-7-11(14)15)20-16(21)12-4-2-3-5-13(12)17(20)22/h2-9,19H,1H3. The fourth-order valence-electron chi connectivity index (χ4n) is 2.96. The molecule has 1 aliphatic heterocycles. The first-order valence-electron chi connectivity index (χ1n) is 7.29. The maximum atomic E-state index is 12.5. The van der Waals surface area contributed by atoms with Crippen molar-refractivity contribution in [2.24, 2.45) is 0 Å². The Morgan fingerprint density at radius 3 is 2.33 bits per heavy atom. The van der Waals surface area contributed by atoms with Crippen molar-refractivity contribution in [2.75, 3.05) is 12.0 Å². The quantitative estimate of drug-likeness (QED) is 0.581. The van der Waals surface area contributed by atoms with E-state index in [4.69, 9.17) is 4.74 Å². The van der Waals surface area contributed by atoms with E-state index < -0.39 is 5.97 Å². The average Bonchev–Trinajstić information content (AvgIpc) is 3.14. The maximum Gasteiger partial charge on any atom is 0.340 e. The Hall–Kier alpha value is -3.41. The number of fused-ring (bicyclic) bond motifs is 2. The van der Waals surface area contributed by atoms with E-state index in [-0.39, 0.29) is 11.8 Å². The summed E-state index contributed by atoms with van der Waals surface area (Å²) in [5, 5.41) is 0.669. The Morgan fingerprint density at radius 2 is 1.71 bits per heavy atom. The predicted molar refractivity (Wildman–Crippen MR) is 87.2 cm³/mol. The van der Waals surface area contributed by atoms with Crippen molar-refractivity contribution in [1.82, 2.24) is 4.98 Å². The smallest absolute Gasteiger partial charge is 0.340 e. The fraction of sp³-hybridized carbons (Fsp3) is 0.0556. The number of hydrogen-bond donors (Lipinski definition) is 1. The number of carbonyl (C=O) groups excluding carboxylic acids is 3. The third-order valence-corrected chi connectivity index (χ3v) is 4.12. The number of nitrogens with zero attached hydrogens (tertiary/aromatic N) is 1. The van der Waals surface area contributed by atoms with E-state index in [0.29, 0.717) is 33.3 Å². The van der Waals surface area contributed by atoms with Crippen LogP contribution in [-0.2, 0) is 4.74 Å². The molecule has 0 atom stereocenters. The normalized spacial score (nSPS) is 13.5. The summed E-state index contributed by atoms with van der Waals surface area (Å²) >= 11 is 0. The molecule has 24 heavy (non-hydrogen) atoms. The van der Waals surface area contributed by atoms with E-state index >= 15 is 0 Å². The van der Waals surface area contributed by atoms with Crippen molar-refractivity contribution in [2.45, 2.75) is 0 Å². The molecule has 118 valence electrons. The molecule has 0 radical (unpaired) electrons. The zero-order valence-electron chi connectivity index (χ0n) is 12.7. The molecule has 0 spiro atoms. The number of nitrogens with one attached hydrogen (secondary N) is 1. The topological polar surface area (TPSA) is 79.5 Å². The number of ether oxygens (including phenoxy) is 1. The Morgan fingerprint density at radius 1 is 1.04 bits per heavy atom. The number of esters is 1. The van der Waals surface area contributed by atoms with Crippen molar-refractivity contribution in [3.8, 4) is 0 Å². The molecule has 0 aliphatic carbocycles. The van der Waals surface area contributed by atoms with Crippen LogP contribution >= 0.6 is 0 Å². The number of H-pyrrole nitrogens is 1. The van der Waals surface area contributed by atoms with Crippen LogP contribution in [-0.4, -0.2) is 29.9 Å². The van der Waals surface area contributed by atoms with Crippen LogP contribution in [0.5, 0.6) is 0 Å². The van der Waals surface area contributed by atoms with Crippen LogP contribution in [0.1, 0.15) is 31.1 Å². The van der Waals surface area contributed by atoms with Gasteiger partial charge in [-0.2, -0.15) is 0 Å². The van der Waals surface area contributed by atoms with Crippen molar-refractivity contribution >= 4 is 34.4 Å². The highest BCUT2D eigenvalue weighted by Gasteiger charge is 2.36. The largest absolute Gasteiger partial charge is 0.465 e. The highest BCUT2D eigenvalue weighted by atomic mass is 16.5. The number of imide groups is 1. The molecule has 2 aromatic carbocycles. The lowest BCUT2D eigenvalue weighted by Crippen LogP contribution is -2.29. The second-order valence-electron chi connectivity index (χ2n) is 5.42. The Labute approximate surface area is 136 Å². The third-order valence-electron chi connectivity index (χ3n) is 4.12. The molecular formula is C18H12N2O4. The van der Waals surface area contributed by atoms with Gasteiger partial charge in [0.1, 0.15) is 0 Å². The van der Waals surface area contributed by atoms with Gasteiger partial charge in [-0.25, -0.2) is 9.69 Å². The lowest BCUT2D eigenvalue weighted by atomic mass is 10.1. The number of methoxy groups -OCH3 is 1. The Balaban J connectivity index is 1.80. The van der Waals surface area contributed by atoms with Gasteiger partial charge in [0.25, 0.3) is 11.8 Å². The van der Waals surface area contributed by atoms with Gasteiger partial charge in [-0.15, -0.1) is 0 Å². The minimum Gasteiger partial charge on any atom is -0.465 e. The van der Waals surface area contributed by atoms with Gasteiger partial charge in [0.2, 0.25) is 0 Å². The van der Waals surface area contributed by atoms with Crippen LogP contribution in [0.25, 0.3) is 10.9 Å². The van der Waals surface area contributed by atoms with E-state index in [9.17, 15) is 14.4 Å². The minimum atomic E-state index is -0.449. The van der Waals surface area contributed by atoms with Crippen LogP contribution < -0.4 is 4.90 Å². The molecule has 6 nitrogen and oxygen atoms in total. The molecule has 1 aliphatic rings. The van der Waals surface area contributed by atoms with E-state index in [1.54, 1.807) is 48.7 Å². The van der Waals surface area contributed by atoms with Gasteiger partial charge in [0.15, 0.2) is 0 Å². The summed E-state index contributed by atoms with van der Waals surface area (Å²) in [4.78, 5) is 40.9. The van der Waals surface area contributed by atoms with E-state index in [1.807, 2.05) is 0 Å². The summed E-state index contributed by atoms with van der Waals surface area (Å²) in [6.07, 6.45) is 1.54. The first kappa shape index (κ1) is 14.2. The molecule has 3 aromatic rings. The number of aromatic amines is 1. The third kappa shape index (κ3) is 1.86. The maximum absolute atomic E-state index is 12.5. The van der Waals surface area contributed by atoms with Crippen LogP contribution in [0.15, 0.2) is 48.7 Å². The van der Waals surface area contributed by atoms with E-state index in [2.05, 4.69) is 4.98 Å². The Kier molecular flexibility index (Phi) is 2.99. The van der Waals surface area contributed by atoms with Gasteiger partial charge in [-0.05, 0) is 30.3 Å². The summed E-state index contributed by atoms with van der Waals surface area (Å²) in [6.45, 7) is 0. The predicted octanol–water partition coefficient (Wildman–Crippen LogP) is 2.76. The molecule has 4 rings (SSSR count). The Bertz CT molecular complexity index is 984. The minimum absolute atomic E-state index is 0.352. The van der Waals surface area contributed by atoms with Gasteiger partial charge < -0.3 is 9.72 Å². The van der Waals surface area contributed by atoms with Crippen molar-refractivity contribution < 1.29 is 19.1 Å². The van der Waals surface area contributed by atoms with Crippen LogP contribution in [0.2, 0.25) is 0 Å². The van der Waals surface area contributed by atoms with Crippen LogP contribution in [0.4, 0.5) is 5.69 Å². The van der Waals surface area contributed by atoms with Crippen molar-refractivity contribution in [1.29, 1.82) is 0 Å². The number of aromatic nitrogens is 1. The number of hydrogen-bond acceptors (Lipinski definition) is 4. The summed E-state index contributed by atoms with van der Waals surface area (Å²) in [5.41, 5.74) is 2.28. The fourth-order valence-corrected chi connectivity index (χ4v) is 2.96. The number of rotatable bonds is 2.